The summed E-state index contributed by atoms with van der Waals surface area (Å²) in [7, 11) is 0. The van der Waals surface area contributed by atoms with Crippen molar-refractivity contribution in [3.05, 3.63) is 158 Å². The molecule has 43 heavy (non-hydrogen) atoms. The van der Waals surface area contributed by atoms with E-state index in [0.717, 1.165) is 32.7 Å². The van der Waals surface area contributed by atoms with Gasteiger partial charge in [0, 0.05) is 16.3 Å². The van der Waals surface area contributed by atoms with E-state index in [9.17, 15) is 5.48 Å². The van der Waals surface area contributed by atoms with Crippen molar-refractivity contribution in [2.45, 2.75) is 0 Å². The average molecular weight is 555 g/mol. The van der Waals surface area contributed by atoms with Crippen molar-refractivity contribution in [1.82, 2.24) is 0 Å². The first-order valence-corrected chi connectivity index (χ1v) is 14.1. The molecule has 8 aromatic carbocycles. The minimum Gasteiger partial charge on any atom is -0.456 e. The molecule has 0 N–H and O–H groups in total. The standard InChI is InChI=1S/C42H26O/c1-3-13-27(14-4-1)39-32-19-9-11-21-34(32)40(35-22-12-10-20-33(35)39)30-23-24-37-36(25-30)42-38(43-37)26-29-17-7-8-18-31(29)41(42)28-15-5-2-6-16-28/h1-26H/i9D,10D,11D,12D,19D,20D,21D,22D. The third-order valence-corrected chi connectivity index (χ3v) is 8.27. The van der Waals surface area contributed by atoms with E-state index in [1.807, 2.05) is 60.7 Å². The Morgan fingerprint density at radius 1 is 0.395 bits per heavy atom. The predicted octanol–water partition coefficient (Wildman–Crippen LogP) is 12.0. The van der Waals surface area contributed by atoms with Crippen molar-refractivity contribution in [3.8, 4) is 33.4 Å². The second kappa shape index (κ2) is 9.44. The molecule has 1 heterocycles. The number of hydrogen-bond acceptors (Lipinski definition) is 1. The van der Waals surface area contributed by atoms with Gasteiger partial charge < -0.3 is 4.42 Å². The van der Waals surface area contributed by atoms with Gasteiger partial charge in [-0.05, 0) is 78.3 Å². The van der Waals surface area contributed by atoms with Gasteiger partial charge in [0.15, 0.2) is 0 Å². The van der Waals surface area contributed by atoms with Gasteiger partial charge in [-0.2, -0.15) is 0 Å². The number of fused-ring (bicyclic) bond motifs is 6. The Morgan fingerprint density at radius 3 is 1.56 bits per heavy atom. The van der Waals surface area contributed by atoms with Gasteiger partial charge in [0.05, 0.1) is 11.0 Å². The van der Waals surface area contributed by atoms with Gasteiger partial charge in [-0.15, -0.1) is 0 Å². The summed E-state index contributed by atoms with van der Waals surface area (Å²) >= 11 is 0. The Bertz CT molecular complexity index is 2850. The maximum atomic E-state index is 9.27. The maximum absolute atomic E-state index is 9.27. The van der Waals surface area contributed by atoms with Gasteiger partial charge in [0.25, 0.3) is 0 Å². The fraction of sp³-hybridized carbons (Fsp3) is 0. The molecule has 9 rings (SSSR count). The molecule has 0 aliphatic heterocycles. The lowest BCUT2D eigenvalue weighted by molar-refractivity contribution is 0.669. The molecule has 1 nitrogen and oxygen atoms in total. The first-order chi connectivity index (χ1) is 24.7. The average Bonchev–Trinajstić information content (AvgIpc) is 3.53. The Morgan fingerprint density at radius 2 is 0.930 bits per heavy atom. The van der Waals surface area contributed by atoms with Crippen molar-refractivity contribution in [2.75, 3.05) is 0 Å². The molecular formula is C42H26O. The second-order valence-electron chi connectivity index (χ2n) is 10.6. The van der Waals surface area contributed by atoms with Crippen molar-refractivity contribution in [2.24, 2.45) is 0 Å². The minimum absolute atomic E-state index is 0.179. The highest BCUT2D eigenvalue weighted by Crippen LogP contribution is 2.46. The number of benzene rings is 8. The summed E-state index contributed by atoms with van der Waals surface area (Å²) in [5.74, 6) is 0. The second-order valence-corrected chi connectivity index (χ2v) is 10.6. The van der Waals surface area contributed by atoms with Crippen LogP contribution in [0, 0.1) is 0 Å². The van der Waals surface area contributed by atoms with Gasteiger partial charge >= 0.3 is 0 Å². The molecule has 0 saturated carbocycles. The van der Waals surface area contributed by atoms with E-state index in [4.69, 9.17) is 9.90 Å². The molecule has 0 aliphatic carbocycles. The van der Waals surface area contributed by atoms with Crippen LogP contribution in [0.2, 0.25) is 0 Å². The monoisotopic (exact) mass is 554 g/mol. The van der Waals surface area contributed by atoms with E-state index < -0.39 is 24.2 Å². The molecule has 1 heteroatoms. The highest BCUT2D eigenvalue weighted by molar-refractivity contribution is 6.24. The van der Waals surface area contributed by atoms with E-state index in [1.165, 1.54) is 0 Å². The van der Waals surface area contributed by atoms with Crippen LogP contribution in [0.4, 0.5) is 0 Å². The summed E-state index contributed by atoms with van der Waals surface area (Å²) in [5, 5.41) is 4.42. The Balaban J connectivity index is 1.52. The Kier molecular flexibility index (Phi) is 3.80. The smallest absolute Gasteiger partial charge is 0.136 e. The number of rotatable bonds is 3. The van der Waals surface area contributed by atoms with Gasteiger partial charge in [-0.25, -0.2) is 0 Å². The summed E-state index contributed by atoms with van der Waals surface area (Å²) in [6.07, 6.45) is 0. The van der Waals surface area contributed by atoms with Crippen LogP contribution >= 0.6 is 0 Å². The van der Waals surface area contributed by atoms with Crippen LogP contribution in [0.5, 0.6) is 0 Å². The topological polar surface area (TPSA) is 13.1 Å². The Hall–Kier alpha value is -5.66. The van der Waals surface area contributed by atoms with E-state index in [1.54, 1.807) is 30.3 Å². The molecule has 0 bridgehead atoms. The fourth-order valence-electron chi connectivity index (χ4n) is 6.47. The van der Waals surface area contributed by atoms with E-state index in [-0.39, 0.29) is 45.7 Å². The lowest BCUT2D eigenvalue weighted by atomic mass is 9.85. The molecule has 0 aliphatic rings. The van der Waals surface area contributed by atoms with Crippen LogP contribution in [0.25, 0.3) is 87.6 Å². The molecule has 0 radical (unpaired) electrons. The van der Waals surface area contributed by atoms with Crippen molar-refractivity contribution < 1.29 is 15.4 Å². The van der Waals surface area contributed by atoms with Crippen molar-refractivity contribution in [1.29, 1.82) is 0 Å². The van der Waals surface area contributed by atoms with Crippen LogP contribution in [-0.2, 0) is 0 Å². The molecule has 1 aromatic heterocycles. The maximum Gasteiger partial charge on any atom is 0.136 e. The number of hydrogen-bond donors (Lipinski definition) is 0. The molecular weight excluding hydrogens is 520 g/mol. The van der Waals surface area contributed by atoms with Gasteiger partial charge in [0.1, 0.15) is 11.2 Å². The predicted molar refractivity (Wildman–Crippen MR) is 183 cm³/mol. The normalized spacial score (nSPS) is 14.3. The molecule has 0 amide bonds. The fourth-order valence-corrected chi connectivity index (χ4v) is 6.47. The van der Waals surface area contributed by atoms with Crippen LogP contribution in [-0.4, -0.2) is 0 Å². The summed E-state index contributed by atoms with van der Waals surface area (Å²) in [6, 6.07) is 31.9. The first-order valence-electron chi connectivity index (χ1n) is 18.1. The van der Waals surface area contributed by atoms with E-state index >= 15 is 0 Å². The zero-order valence-corrected chi connectivity index (χ0v) is 22.8. The summed E-state index contributed by atoms with van der Waals surface area (Å²) in [6.45, 7) is 0. The largest absolute Gasteiger partial charge is 0.456 e. The zero-order chi connectivity index (χ0) is 35.3. The molecule has 0 saturated heterocycles. The van der Waals surface area contributed by atoms with Crippen LogP contribution in [0.15, 0.2) is 162 Å². The summed E-state index contributed by atoms with van der Waals surface area (Å²) in [5.41, 5.74) is 5.01. The van der Waals surface area contributed by atoms with Gasteiger partial charge in [-0.3, -0.25) is 0 Å². The molecule has 0 atom stereocenters. The zero-order valence-electron chi connectivity index (χ0n) is 30.8. The van der Waals surface area contributed by atoms with Crippen molar-refractivity contribution >= 4 is 54.3 Å². The van der Waals surface area contributed by atoms with Crippen LogP contribution < -0.4 is 0 Å². The quantitative estimate of drug-likeness (QED) is 0.198. The van der Waals surface area contributed by atoms with E-state index in [2.05, 4.69) is 18.2 Å². The minimum atomic E-state index is -0.430. The highest BCUT2D eigenvalue weighted by atomic mass is 16.3. The summed E-state index contributed by atoms with van der Waals surface area (Å²) < 4.78 is 78.2. The lowest BCUT2D eigenvalue weighted by Crippen LogP contribution is -1.90. The highest BCUT2D eigenvalue weighted by Gasteiger charge is 2.20. The molecule has 200 valence electrons. The van der Waals surface area contributed by atoms with Crippen LogP contribution in [0.3, 0.4) is 0 Å². The van der Waals surface area contributed by atoms with Gasteiger partial charge in [0.2, 0.25) is 0 Å². The van der Waals surface area contributed by atoms with Crippen molar-refractivity contribution in [3.63, 3.8) is 0 Å². The van der Waals surface area contributed by atoms with Crippen LogP contribution in [0.1, 0.15) is 11.0 Å². The van der Waals surface area contributed by atoms with E-state index in [0.29, 0.717) is 33.4 Å². The number of furan rings is 1. The molecule has 0 spiro atoms. The third kappa shape index (κ3) is 3.65. The lowest BCUT2D eigenvalue weighted by Gasteiger charge is -2.17. The first kappa shape index (κ1) is 17.3. The third-order valence-electron chi connectivity index (χ3n) is 8.27. The molecule has 0 unspecified atom stereocenters. The SMILES string of the molecule is [2H]c1c([2H])c([2H])c2c(-c3ccc4oc5cc6ccccc6c(-c6ccccc6)c5c4c3)c3c([2H])c([2H])c([2H])c([2H])c3c(-c3ccccc3)c2c1[2H]. The molecule has 0 fully saturated rings. The van der Waals surface area contributed by atoms with Gasteiger partial charge in [-0.1, -0.05) is 139 Å². The molecule has 9 aromatic rings. The Labute approximate surface area is 260 Å². The summed E-state index contributed by atoms with van der Waals surface area (Å²) in [4.78, 5) is 0.